The zero-order chi connectivity index (χ0) is 60.5. The van der Waals surface area contributed by atoms with E-state index in [-0.39, 0.29) is 71.0 Å². The Bertz CT molecular complexity index is 2790. The van der Waals surface area contributed by atoms with E-state index in [1.807, 2.05) is 0 Å². The molecule has 0 amide bonds. The molecule has 6 heterocycles. The summed E-state index contributed by atoms with van der Waals surface area (Å²) in [6.45, 7) is 6.15. The minimum absolute atomic E-state index is 0.00108. The highest BCUT2D eigenvalue weighted by molar-refractivity contribution is 6.03. The highest BCUT2D eigenvalue weighted by Gasteiger charge is 2.49. The minimum atomic E-state index is -1.23. The Hall–Kier alpha value is -5.73. The van der Waals surface area contributed by atoms with Gasteiger partial charge in [0.1, 0.15) is 54.6 Å². The van der Waals surface area contributed by atoms with Crippen LogP contribution >= 0.6 is 0 Å². The van der Waals surface area contributed by atoms with Gasteiger partial charge in [0.25, 0.3) is 0 Å². The maximum atomic E-state index is 17.8. The number of hydrogen-bond acceptors (Lipinski definition) is 14. The van der Waals surface area contributed by atoms with Gasteiger partial charge in [-0.05, 0) is 68.7 Å². The lowest BCUT2D eigenvalue weighted by Crippen LogP contribution is -2.51. The average Bonchev–Trinajstić information content (AvgIpc) is 0.955. The number of hydrogen-bond donors (Lipinski definition) is 1. The number of halogens is 3. The monoisotopic (exact) mass is 1190 g/mol. The first kappa shape index (κ1) is 66.2. The second-order valence-electron chi connectivity index (χ2n) is 25.0. The SMILES string of the molecule is C#Cc1c(F)ccc2cc(OC(=O)OC(COC(=O)CCCCCCCCCCCCCCC)COC(=O)CCCCCCCCCCCCCCC)cc(-c3ncc4c(N5CC6CCC(C5)N6)nc(OCC56CCCN5CC(F)C6)nc4c3F)c12. The molecule has 2 aromatic heterocycles. The van der Waals surface area contributed by atoms with Crippen molar-refractivity contribution in [3.05, 3.63) is 47.7 Å². The lowest BCUT2D eigenvalue weighted by Gasteiger charge is -2.34. The zero-order valence-electron chi connectivity index (χ0n) is 51.7. The summed E-state index contributed by atoms with van der Waals surface area (Å²) in [7, 11) is 0. The third kappa shape index (κ3) is 19.4. The second-order valence-corrected chi connectivity index (χ2v) is 25.0. The normalized spacial score (nSPS) is 19.1. The number of piperazine rings is 1. The molecule has 4 aromatic rings. The van der Waals surface area contributed by atoms with Gasteiger partial charge in [0.15, 0.2) is 11.9 Å². The molecule has 4 aliphatic heterocycles. The van der Waals surface area contributed by atoms with Gasteiger partial charge in [-0.25, -0.2) is 18.0 Å². The smallest absolute Gasteiger partial charge is 0.462 e. The predicted molar refractivity (Wildman–Crippen MR) is 332 cm³/mol. The number of benzene rings is 2. The van der Waals surface area contributed by atoms with Gasteiger partial charge in [-0.15, -0.1) is 6.42 Å². The van der Waals surface area contributed by atoms with E-state index in [2.05, 4.69) is 44.9 Å². The molecular formula is C69H97F3N6O8. The minimum Gasteiger partial charge on any atom is -0.462 e. The lowest BCUT2D eigenvalue weighted by atomic mass is 9.95. The number of terminal acetylenes is 1. The van der Waals surface area contributed by atoms with Gasteiger partial charge < -0.3 is 33.9 Å². The van der Waals surface area contributed by atoms with Crippen molar-refractivity contribution in [3.63, 3.8) is 0 Å². The van der Waals surface area contributed by atoms with Crippen molar-refractivity contribution >= 4 is 45.6 Å². The molecule has 14 nitrogen and oxygen atoms in total. The Labute approximate surface area is 509 Å². The molecule has 0 radical (unpaired) electrons. The summed E-state index contributed by atoms with van der Waals surface area (Å²) >= 11 is 0. The fourth-order valence-corrected chi connectivity index (χ4v) is 13.4. The molecule has 4 aliphatic rings. The van der Waals surface area contributed by atoms with Crippen molar-refractivity contribution in [2.45, 2.75) is 256 Å². The molecule has 2 aromatic carbocycles. The van der Waals surface area contributed by atoms with Crippen molar-refractivity contribution in [1.29, 1.82) is 0 Å². The molecule has 4 saturated heterocycles. The van der Waals surface area contributed by atoms with Crippen LogP contribution in [-0.2, 0) is 23.8 Å². The molecule has 4 unspecified atom stereocenters. The number of anilines is 1. The van der Waals surface area contributed by atoms with Crippen molar-refractivity contribution < 1.29 is 51.2 Å². The molecule has 4 atom stereocenters. The Kier molecular flexibility index (Phi) is 26.7. The van der Waals surface area contributed by atoms with Crippen LogP contribution in [0.2, 0.25) is 0 Å². The summed E-state index contributed by atoms with van der Waals surface area (Å²) in [5.74, 6) is 0.196. The van der Waals surface area contributed by atoms with E-state index < -0.39 is 60.8 Å². The molecule has 472 valence electrons. The largest absolute Gasteiger partial charge is 0.514 e. The van der Waals surface area contributed by atoms with Gasteiger partial charge in [0.05, 0.1) is 16.5 Å². The molecule has 4 fully saturated rings. The summed E-state index contributed by atoms with van der Waals surface area (Å²) in [4.78, 5) is 58.4. The fourth-order valence-electron chi connectivity index (χ4n) is 13.4. The first-order valence-electron chi connectivity index (χ1n) is 33.3. The van der Waals surface area contributed by atoms with E-state index in [4.69, 9.17) is 35.1 Å². The number of carbonyl (C=O) groups is 3. The summed E-state index contributed by atoms with van der Waals surface area (Å²) in [6.07, 6.45) is 38.8. The molecule has 1 N–H and O–H groups in total. The van der Waals surface area contributed by atoms with E-state index in [1.165, 1.54) is 146 Å². The number of unbranched alkanes of at least 4 members (excludes halogenated alkanes) is 24. The number of carbonyl (C=O) groups excluding carboxylic acids is 3. The van der Waals surface area contributed by atoms with E-state index in [9.17, 15) is 18.8 Å². The van der Waals surface area contributed by atoms with Crippen LogP contribution in [0.15, 0.2) is 30.5 Å². The molecule has 2 bridgehead atoms. The first-order chi connectivity index (χ1) is 42.0. The molecule has 0 aliphatic carbocycles. The molecule has 0 spiro atoms. The number of pyridine rings is 1. The standard InChI is InChI=1S/C69H97F3N6O8/c1-4-7-9-11-13-15-17-19-21-23-25-27-29-32-60(79)82-47-55(48-83-61(80)33-30-28-26-24-22-20-18-16-14-12-10-8-5-2)86-68(81)85-54-40-50-34-37-59(71)56(6-3)62(50)57(41-54)64-63(72)65-58(43-73-64)66(77-45-52-35-36-53(46-77)74-52)76-67(75-65)84-49-69-38-31-39-78(69)44-51(70)42-69/h3,34,37,40-41,43,51-53,55,74H,4-5,7-33,35-36,38-39,42,44-49H2,1-2H3. The predicted octanol–water partition coefficient (Wildman–Crippen LogP) is 15.9. The Morgan fingerprint density at radius 3 is 1.86 bits per heavy atom. The van der Waals surface area contributed by atoms with Crippen LogP contribution < -0.4 is 19.7 Å². The molecule has 17 heteroatoms. The topological polar surface area (TPSA) is 155 Å². The number of nitrogens with zero attached hydrogens (tertiary/aromatic N) is 5. The van der Waals surface area contributed by atoms with Gasteiger partial charge in [-0.2, -0.15) is 9.97 Å². The highest BCUT2D eigenvalue weighted by Crippen LogP contribution is 2.42. The van der Waals surface area contributed by atoms with Crippen molar-refractivity contribution in [3.8, 4) is 35.4 Å². The second kappa shape index (κ2) is 34.7. The van der Waals surface area contributed by atoms with Crippen LogP contribution in [0.3, 0.4) is 0 Å². The average molecular weight is 1200 g/mol. The lowest BCUT2D eigenvalue weighted by molar-refractivity contribution is -0.153. The molecule has 8 rings (SSSR count). The number of aromatic nitrogens is 3. The van der Waals surface area contributed by atoms with Crippen molar-refractivity contribution in [2.24, 2.45) is 0 Å². The number of rotatable bonds is 39. The third-order valence-electron chi connectivity index (χ3n) is 18.1. The zero-order valence-corrected chi connectivity index (χ0v) is 51.7. The molecular weight excluding hydrogens is 1100 g/mol. The van der Waals surface area contributed by atoms with E-state index in [0.717, 1.165) is 70.8 Å². The summed E-state index contributed by atoms with van der Waals surface area (Å²) in [6, 6.07) is 5.74. The number of ether oxygens (including phenoxy) is 5. The molecule has 0 saturated carbocycles. The Morgan fingerprint density at radius 2 is 1.30 bits per heavy atom. The third-order valence-corrected chi connectivity index (χ3v) is 18.1. The van der Waals surface area contributed by atoms with Gasteiger partial charge in [-0.3, -0.25) is 19.5 Å². The fraction of sp³-hybridized carbons (Fsp3) is 0.681. The van der Waals surface area contributed by atoms with Gasteiger partial charge >= 0.3 is 24.1 Å². The van der Waals surface area contributed by atoms with E-state index in [0.29, 0.717) is 55.5 Å². The number of fused-ring (bicyclic) bond motifs is 5. The van der Waals surface area contributed by atoms with E-state index in [1.54, 1.807) is 0 Å². The Morgan fingerprint density at radius 1 is 0.744 bits per heavy atom. The maximum absolute atomic E-state index is 17.8. The maximum Gasteiger partial charge on any atom is 0.514 e. The van der Waals surface area contributed by atoms with Gasteiger partial charge in [-0.1, -0.05) is 180 Å². The van der Waals surface area contributed by atoms with Gasteiger partial charge in [0.2, 0.25) is 0 Å². The van der Waals surface area contributed by atoms with Crippen LogP contribution in [0.5, 0.6) is 11.8 Å². The van der Waals surface area contributed by atoms with Crippen LogP contribution in [0, 0.1) is 24.0 Å². The highest BCUT2D eigenvalue weighted by atomic mass is 19.1. The quantitative estimate of drug-likeness (QED) is 0.0148. The van der Waals surface area contributed by atoms with Crippen molar-refractivity contribution in [2.75, 3.05) is 50.9 Å². The summed E-state index contributed by atoms with van der Waals surface area (Å²) < 4.78 is 77.5. The Balaban J connectivity index is 0.942. The van der Waals surface area contributed by atoms with Crippen LogP contribution in [-0.4, -0.2) is 114 Å². The number of nitrogens with one attached hydrogen (secondary N) is 1. The van der Waals surface area contributed by atoms with Crippen LogP contribution in [0.1, 0.15) is 231 Å². The van der Waals surface area contributed by atoms with Gasteiger partial charge in [0, 0.05) is 68.1 Å². The molecule has 86 heavy (non-hydrogen) atoms. The van der Waals surface area contributed by atoms with Crippen molar-refractivity contribution in [1.82, 2.24) is 25.2 Å². The van der Waals surface area contributed by atoms with Crippen LogP contribution in [0.4, 0.5) is 23.8 Å². The number of alkyl halides is 1. The van der Waals surface area contributed by atoms with Crippen LogP contribution in [0.25, 0.3) is 32.9 Å². The van der Waals surface area contributed by atoms with E-state index >= 15 is 8.78 Å². The number of esters is 2. The summed E-state index contributed by atoms with van der Waals surface area (Å²) in [5, 5.41) is 4.39. The summed E-state index contributed by atoms with van der Waals surface area (Å²) in [5.41, 5.74) is -1.05. The first-order valence-corrected chi connectivity index (χ1v) is 33.3.